The predicted octanol–water partition coefficient (Wildman–Crippen LogP) is 4.40. The third kappa shape index (κ3) is 7.30. The normalized spacial score (nSPS) is 23.9. The number of carbonyl (C=O) groups excluding carboxylic acids is 3. The number of anilines is 2. The molecule has 3 amide bonds. The van der Waals surface area contributed by atoms with E-state index in [9.17, 15) is 19.2 Å². The first-order valence-electron chi connectivity index (χ1n) is 24.6. The van der Waals surface area contributed by atoms with E-state index in [-0.39, 0.29) is 47.3 Å². The second-order valence-corrected chi connectivity index (χ2v) is 18.2. The van der Waals surface area contributed by atoms with Crippen LogP contribution in [0.15, 0.2) is 53.6 Å². The average molecular weight is 835 g/mol. The Kier molecular flexibility index (Phi) is 8.58. The molecule has 14 nitrogen and oxygen atoms in total. The van der Waals surface area contributed by atoms with Crippen molar-refractivity contribution in [2.75, 3.05) is 82.8 Å². The number of imide groups is 1. The summed E-state index contributed by atoms with van der Waals surface area (Å²) < 4.78 is 61.2. The van der Waals surface area contributed by atoms with Gasteiger partial charge in [-0.1, -0.05) is 6.07 Å². The first kappa shape index (κ1) is 33.2. The Morgan fingerprint density at radius 1 is 0.852 bits per heavy atom. The van der Waals surface area contributed by atoms with E-state index < -0.39 is 26.0 Å². The molecule has 10 rings (SSSR count). The van der Waals surface area contributed by atoms with Gasteiger partial charge in [-0.3, -0.25) is 29.4 Å². The topological polar surface area (TPSA) is 133 Å². The SMILES string of the molecule is [2H]C([2H])([2H])Oc1cc(-c2cn(C)c(=O)c3cnc(N4CCC4)cc23)cc(OC([2H])([2H])[2H])c1CN1CCC(CN2CCC3(CC2)CN(c2ccc4c(c2)C(=O)N(C2CCC(=O)NC2=O)C4)C3)CC1. The molecule has 4 aromatic rings. The van der Waals surface area contributed by atoms with Gasteiger partial charge in [-0.25, -0.2) is 4.98 Å². The van der Waals surface area contributed by atoms with Crippen molar-refractivity contribution in [3.05, 3.63) is 75.8 Å². The summed E-state index contributed by atoms with van der Waals surface area (Å²) in [6, 6.07) is 10.5. The maximum absolute atomic E-state index is 13.4. The highest BCUT2D eigenvalue weighted by atomic mass is 16.5. The Hall–Kier alpha value is -5.47. The molecule has 1 N–H and O–H groups in total. The summed E-state index contributed by atoms with van der Waals surface area (Å²) in [6.45, 7) is 8.62. The second-order valence-electron chi connectivity index (χ2n) is 18.2. The summed E-state index contributed by atoms with van der Waals surface area (Å²) in [5, 5.41) is 3.35. The zero-order chi connectivity index (χ0) is 47.0. The van der Waals surface area contributed by atoms with Crippen LogP contribution in [0.2, 0.25) is 0 Å². The van der Waals surface area contributed by atoms with E-state index in [1.165, 1.54) is 4.57 Å². The molecule has 61 heavy (non-hydrogen) atoms. The van der Waals surface area contributed by atoms with Crippen LogP contribution in [0, 0.1) is 11.3 Å². The monoisotopic (exact) mass is 834 g/mol. The van der Waals surface area contributed by atoms with Gasteiger partial charge in [-0.15, -0.1) is 0 Å². The van der Waals surface area contributed by atoms with E-state index in [4.69, 9.17) is 17.7 Å². The van der Waals surface area contributed by atoms with E-state index >= 15 is 0 Å². The molecule has 0 saturated carbocycles. The molecule has 0 radical (unpaired) electrons. The smallest absolute Gasteiger partial charge is 0.259 e. The van der Waals surface area contributed by atoms with Gasteiger partial charge >= 0.3 is 0 Å². The van der Waals surface area contributed by atoms with Gasteiger partial charge in [-0.2, -0.15) is 0 Å². The molecule has 5 saturated heterocycles. The van der Waals surface area contributed by atoms with Gasteiger partial charge in [0.15, 0.2) is 0 Å². The highest BCUT2D eigenvalue weighted by Gasteiger charge is 2.46. The standard InChI is InChI=1S/C47H56N8O6/c1-50-26-37(35-22-42(53-13-4-14-53)48-23-36(35)45(50)58)32-19-40(60-2)38(41(20-32)61-3)27-51-15-9-30(10-16-51)24-52-17-11-47(12-18-52)28-54(29-47)33-6-5-31-25-55(46(59)34(31)21-33)39-7-8-43(56)49-44(39)57/h5-6,19-23,26,30,39H,4,7-18,24-25,27-29H2,1-3H3,(H,49,56,57)/i2D3,3D3. The van der Waals surface area contributed by atoms with Crippen molar-refractivity contribution in [3.8, 4) is 22.6 Å². The molecule has 320 valence electrons. The lowest BCUT2D eigenvalue weighted by atomic mass is 9.71. The number of likely N-dealkylation sites (tertiary alicyclic amines) is 2. The minimum atomic E-state index is -2.84. The van der Waals surface area contributed by atoms with Crippen LogP contribution in [0.1, 0.15) is 74.7 Å². The van der Waals surface area contributed by atoms with Gasteiger partial charge in [0.1, 0.15) is 23.4 Å². The number of ether oxygens (including phenoxy) is 2. The first-order chi connectivity index (χ1) is 31.9. The number of benzene rings is 2. The zero-order valence-corrected chi connectivity index (χ0v) is 34.6. The summed E-state index contributed by atoms with van der Waals surface area (Å²) in [5.41, 5.74) is 3.91. The molecule has 1 unspecified atom stereocenters. The molecule has 14 heteroatoms. The largest absolute Gasteiger partial charge is 0.496 e. The predicted molar refractivity (Wildman–Crippen MR) is 233 cm³/mol. The lowest BCUT2D eigenvalue weighted by molar-refractivity contribution is -0.136. The number of rotatable bonds is 10. The Morgan fingerprint density at radius 2 is 1.61 bits per heavy atom. The number of fused-ring (bicyclic) bond motifs is 2. The van der Waals surface area contributed by atoms with Crippen LogP contribution in [-0.2, 0) is 29.7 Å². The first-order valence-corrected chi connectivity index (χ1v) is 21.6. The van der Waals surface area contributed by atoms with E-state index in [1.807, 2.05) is 18.2 Å². The number of pyridine rings is 2. The van der Waals surface area contributed by atoms with Crippen molar-refractivity contribution in [1.82, 2.24) is 29.6 Å². The molecule has 6 aliphatic rings. The van der Waals surface area contributed by atoms with Gasteiger partial charge in [0.2, 0.25) is 11.8 Å². The number of piperidine rings is 3. The van der Waals surface area contributed by atoms with Crippen LogP contribution in [0.5, 0.6) is 11.5 Å². The molecule has 0 bridgehead atoms. The van der Waals surface area contributed by atoms with Gasteiger partial charge in [0.05, 0.1) is 33.3 Å². The molecular formula is C47H56N8O6. The van der Waals surface area contributed by atoms with Crippen molar-refractivity contribution in [3.63, 3.8) is 0 Å². The number of amides is 3. The summed E-state index contributed by atoms with van der Waals surface area (Å²) in [6.07, 6.45) is 8.86. The van der Waals surface area contributed by atoms with Crippen molar-refractivity contribution >= 4 is 40.0 Å². The van der Waals surface area contributed by atoms with Crippen molar-refractivity contribution in [2.45, 2.75) is 64.1 Å². The summed E-state index contributed by atoms with van der Waals surface area (Å²) in [5.74, 6) is 0.326. The van der Waals surface area contributed by atoms with Crippen LogP contribution in [0.4, 0.5) is 11.5 Å². The maximum atomic E-state index is 13.4. The van der Waals surface area contributed by atoms with Gasteiger partial charge < -0.3 is 33.6 Å². The Morgan fingerprint density at radius 3 is 2.30 bits per heavy atom. The van der Waals surface area contributed by atoms with Gasteiger partial charge in [0.25, 0.3) is 11.5 Å². The number of aryl methyl sites for hydroxylation is 1. The van der Waals surface area contributed by atoms with Gasteiger partial charge in [-0.05, 0) is 112 Å². The average Bonchev–Trinajstić information content (AvgIpc) is 3.56. The van der Waals surface area contributed by atoms with Crippen LogP contribution < -0.4 is 30.1 Å². The fraction of sp³-hybridized carbons (Fsp3) is 0.511. The van der Waals surface area contributed by atoms with E-state index in [0.29, 0.717) is 51.9 Å². The fourth-order valence-corrected chi connectivity index (χ4v) is 10.5. The molecular weight excluding hydrogens is 773 g/mol. The Balaban J connectivity index is 0.777. The highest BCUT2D eigenvalue weighted by Crippen LogP contribution is 2.44. The highest BCUT2D eigenvalue weighted by molar-refractivity contribution is 6.05. The van der Waals surface area contributed by atoms with Crippen LogP contribution in [0.3, 0.4) is 0 Å². The van der Waals surface area contributed by atoms with Crippen LogP contribution in [0.25, 0.3) is 21.9 Å². The number of nitrogens with one attached hydrogen (secondary N) is 1. The van der Waals surface area contributed by atoms with Crippen LogP contribution in [-0.4, -0.2) is 121 Å². The number of aromatic nitrogens is 2. The van der Waals surface area contributed by atoms with Crippen LogP contribution >= 0.6 is 0 Å². The zero-order valence-electron chi connectivity index (χ0n) is 40.6. The number of carbonyl (C=O) groups is 3. The molecule has 0 aliphatic carbocycles. The van der Waals surface area contributed by atoms with Gasteiger partial charge in [0, 0.05) is 99.3 Å². The van der Waals surface area contributed by atoms with Crippen molar-refractivity contribution < 1.29 is 32.1 Å². The molecule has 2 aromatic heterocycles. The van der Waals surface area contributed by atoms with E-state index in [1.54, 1.807) is 36.5 Å². The molecule has 5 fully saturated rings. The Bertz CT molecular complexity index is 2640. The summed E-state index contributed by atoms with van der Waals surface area (Å²) in [4.78, 5) is 66.2. The molecule has 2 aromatic carbocycles. The lowest BCUT2D eigenvalue weighted by Gasteiger charge is -2.55. The summed E-state index contributed by atoms with van der Waals surface area (Å²) >= 11 is 0. The van der Waals surface area contributed by atoms with E-state index in [2.05, 4.69) is 36.0 Å². The maximum Gasteiger partial charge on any atom is 0.259 e. The Labute approximate surface area is 364 Å². The molecule has 1 atom stereocenters. The van der Waals surface area contributed by atoms with Crippen molar-refractivity contribution in [1.29, 1.82) is 0 Å². The minimum absolute atomic E-state index is 0.00390. The van der Waals surface area contributed by atoms with Crippen molar-refractivity contribution in [2.24, 2.45) is 18.4 Å². The second kappa shape index (κ2) is 15.8. The number of hydrogen-bond donors (Lipinski definition) is 1. The number of nitrogens with zero attached hydrogens (tertiary/aromatic N) is 7. The molecule has 6 aliphatic heterocycles. The quantitative estimate of drug-likeness (QED) is 0.228. The number of hydrogen-bond acceptors (Lipinski definition) is 11. The van der Waals surface area contributed by atoms with E-state index in [0.717, 1.165) is 108 Å². The number of methoxy groups -OCH3 is 2. The third-order valence-corrected chi connectivity index (χ3v) is 14.4. The fourth-order valence-electron chi connectivity index (χ4n) is 10.5. The summed E-state index contributed by atoms with van der Waals surface area (Å²) in [7, 11) is -4.05. The lowest BCUT2D eigenvalue weighted by Crippen LogP contribution is -2.60. The third-order valence-electron chi connectivity index (χ3n) is 14.4. The molecule has 8 heterocycles. The minimum Gasteiger partial charge on any atom is -0.496 e. The molecule has 1 spiro atoms.